The average Bonchev–Trinajstić information content (AvgIpc) is 2.65. The van der Waals surface area contributed by atoms with Gasteiger partial charge >= 0.3 is 0 Å². The van der Waals surface area contributed by atoms with Crippen molar-refractivity contribution in [1.82, 2.24) is 14.8 Å². The van der Waals surface area contributed by atoms with Gasteiger partial charge in [0.25, 0.3) is 0 Å². The Kier molecular flexibility index (Phi) is 2.31. The molecule has 2 rings (SSSR count). The van der Waals surface area contributed by atoms with Crippen LogP contribution in [-0.4, -0.2) is 14.8 Å². The van der Waals surface area contributed by atoms with Crippen LogP contribution in [0.2, 0.25) is 0 Å². The first-order chi connectivity index (χ1) is 6.81. The molecule has 1 aromatic heterocycles. The molecule has 0 saturated carbocycles. The molecule has 0 aliphatic carbocycles. The van der Waals surface area contributed by atoms with E-state index in [0.29, 0.717) is 0 Å². The van der Waals surface area contributed by atoms with Crippen molar-refractivity contribution in [1.29, 1.82) is 0 Å². The highest BCUT2D eigenvalue weighted by molar-refractivity contribution is 5.55. The summed E-state index contributed by atoms with van der Waals surface area (Å²) in [5, 5.41) is 7.94. The molecule has 2 aromatic rings. The maximum absolute atomic E-state index is 4.07. The second-order valence-electron chi connectivity index (χ2n) is 3.32. The van der Waals surface area contributed by atoms with Crippen molar-refractivity contribution in [3.8, 4) is 11.4 Å². The van der Waals surface area contributed by atoms with Gasteiger partial charge < -0.3 is 4.57 Å². The molecule has 0 N–H and O–H groups in total. The van der Waals surface area contributed by atoms with E-state index in [-0.39, 0.29) is 0 Å². The van der Waals surface area contributed by atoms with E-state index in [0.717, 1.165) is 17.8 Å². The van der Waals surface area contributed by atoms with Gasteiger partial charge in [-0.15, -0.1) is 10.2 Å². The molecule has 3 heteroatoms. The molecule has 0 aliphatic rings. The summed E-state index contributed by atoms with van der Waals surface area (Å²) >= 11 is 0. The first-order valence-electron chi connectivity index (χ1n) is 4.74. The molecular weight excluding hydrogens is 174 g/mol. The molecule has 0 radical (unpaired) electrons. The Bertz CT molecular complexity index is 432. The van der Waals surface area contributed by atoms with Crippen LogP contribution in [-0.2, 0) is 13.5 Å². The Balaban J connectivity index is 2.47. The van der Waals surface area contributed by atoms with Crippen LogP contribution in [0.3, 0.4) is 0 Å². The number of hydrogen-bond donors (Lipinski definition) is 0. The van der Waals surface area contributed by atoms with Gasteiger partial charge in [-0.2, -0.15) is 0 Å². The zero-order chi connectivity index (χ0) is 9.97. The topological polar surface area (TPSA) is 30.7 Å². The van der Waals surface area contributed by atoms with Gasteiger partial charge in [-0.05, 0) is 18.1 Å². The molecule has 14 heavy (non-hydrogen) atoms. The van der Waals surface area contributed by atoms with Crippen molar-refractivity contribution >= 4 is 0 Å². The third-order valence-electron chi connectivity index (χ3n) is 2.30. The van der Waals surface area contributed by atoms with Crippen LogP contribution >= 0.6 is 0 Å². The molecule has 1 aromatic carbocycles. The molecule has 0 saturated heterocycles. The minimum atomic E-state index is 0.917. The van der Waals surface area contributed by atoms with Crippen molar-refractivity contribution in [2.45, 2.75) is 13.3 Å². The van der Waals surface area contributed by atoms with Gasteiger partial charge in [0.05, 0.1) is 0 Å². The standard InChI is InChI=1S/C11H13N3/c1-3-9-5-4-6-10(7-9)11-13-12-8-14(11)2/h4-8H,3H2,1-2H3. The smallest absolute Gasteiger partial charge is 0.163 e. The van der Waals surface area contributed by atoms with Crippen LogP contribution in [0.15, 0.2) is 30.6 Å². The lowest BCUT2D eigenvalue weighted by Gasteiger charge is -2.02. The third kappa shape index (κ3) is 1.53. The van der Waals surface area contributed by atoms with Crippen molar-refractivity contribution < 1.29 is 0 Å². The van der Waals surface area contributed by atoms with E-state index in [1.165, 1.54) is 5.56 Å². The Labute approximate surface area is 83.4 Å². The van der Waals surface area contributed by atoms with Crippen molar-refractivity contribution in [2.75, 3.05) is 0 Å². The fourth-order valence-electron chi connectivity index (χ4n) is 1.47. The van der Waals surface area contributed by atoms with E-state index in [2.05, 4.69) is 41.4 Å². The van der Waals surface area contributed by atoms with E-state index < -0.39 is 0 Å². The lowest BCUT2D eigenvalue weighted by atomic mass is 10.1. The van der Waals surface area contributed by atoms with Gasteiger partial charge in [0.15, 0.2) is 5.82 Å². The summed E-state index contributed by atoms with van der Waals surface area (Å²) in [4.78, 5) is 0. The van der Waals surface area contributed by atoms with Crippen LogP contribution in [0.1, 0.15) is 12.5 Å². The second-order valence-corrected chi connectivity index (χ2v) is 3.32. The summed E-state index contributed by atoms with van der Waals surface area (Å²) in [5.41, 5.74) is 2.45. The summed E-state index contributed by atoms with van der Waals surface area (Å²) in [7, 11) is 1.95. The first kappa shape index (κ1) is 8.94. The minimum absolute atomic E-state index is 0.917. The summed E-state index contributed by atoms with van der Waals surface area (Å²) in [6, 6.07) is 8.40. The van der Waals surface area contributed by atoms with Crippen LogP contribution in [0.4, 0.5) is 0 Å². The fourth-order valence-corrected chi connectivity index (χ4v) is 1.47. The maximum atomic E-state index is 4.07. The van der Waals surface area contributed by atoms with E-state index in [1.54, 1.807) is 6.33 Å². The summed E-state index contributed by atoms with van der Waals surface area (Å²) in [6.45, 7) is 2.15. The normalized spacial score (nSPS) is 10.4. The van der Waals surface area contributed by atoms with E-state index in [1.807, 2.05) is 11.6 Å². The molecule has 0 unspecified atom stereocenters. The Morgan fingerprint density at radius 1 is 1.36 bits per heavy atom. The molecule has 0 aliphatic heterocycles. The Morgan fingerprint density at radius 3 is 2.86 bits per heavy atom. The molecule has 3 nitrogen and oxygen atoms in total. The monoisotopic (exact) mass is 187 g/mol. The molecule has 0 bridgehead atoms. The Hall–Kier alpha value is -1.64. The number of nitrogens with zero attached hydrogens (tertiary/aromatic N) is 3. The van der Waals surface area contributed by atoms with Gasteiger partial charge in [-0.1, -0.05) is 25.1 Å². The number of aromatic nitrogens is 3. The predicted molar refractivity (Wildman–Crippen MR) is 55.8 cm³/mol. The second kappa shape index (κ2) is 3.62. The first-order valence-corrected chi connectivity index (χ1v) is 4.74. The minimum Gasteiger partial charge on any atom is -0.317 e. The van der Waals surface area contributed by atoms with Crippen LogP contribution in [0.25, 0.3) is 11.4 Å². The molecule has 0 atom stereocenters. The van der Waals surface area contributed by atoms with Gasteiger partial charge in [-0.25, -0.2) is 0 Å². The molecule has 0 fully saturated rings. The molecular formula is C11H13N3. The van der Waals surface area contributed by atoms with Crippen LogP contribution < -0.4 is 0 Å². The highest BCUT2D eigenvalue weighted by Crippen LogP contribution is 2.17. The van der Waals surface area contributed by atoms with E-state index in [4.69, 9.17) is 0 Å². The van der Waals surface area contributed by atoms with Gasteiger partial charge in [0.1, 0.15) is 6.33 Å². The zero-order valence-electron chi connectivity index (χ0n) is 8.44. The number of benzene rings is 1. The van der Waals surface area contributed by atoms with Gasteiger partial charge in [0, 0.05) is 12.6 Å². The van der Waals surface area contributed by atoms with Gasteiger partial charge in [0.2, 0.25) is 0 Å². The molecule has 0 amide bonds. The summed E-state index contributed by atoms with van der Waals surface area (Å²) in [5.74, 6) is 0.917. The molecule has 0 spiro atoms. The van der Waals surface area contributed by atoms with E-state index in [9.17, 15) is 0 Å². The Morgan fingerprint density at radius 2 is 2.21 bits per heavy atom. The quantitative estimate of drug-likeness (QED) is 0.720. The van der Waals surface area contributed by atoms with Crippen molar-refractivity contribution in [3.63, 3.8) is 0 Å². The summed E-state index contributed by atoms with van der Waals surface area (Å²) < 4.78 is 1.93. The average molecular weight is 187 g/mol. The third-order valence-corrected chi connectivity index (χ3v) is 2.30. The van der Waals surface area contributed by atoms with Crippen LogP contribution in [0.5, 0.6) is 0 Å². The predicted octanol–water partition coefficient (Wildman–Crippen LogP) is 2.04. The zero-order valence-corrected chi connectivity index (χ0v) is 8.44. The lowest BCUT2D eigenvalue weighted by Crippen LogP contribution is -1.91. The SMILES string of the molecule is CCc1cccc(-c2nncn2C)c1. The highest BCUT2D eigenvalue weighted by atomic mass is 15.2. The molecule has 72 valence electrons. The summed E-state index contributed by atoms with van der Waals surface area (Å²) in [6.07, 6.45) is 2.76. The number of hydrogen-bond acceptors (Lipinski definition) is 2. The lowest BCUT2D eigenvalue weighted by molar-refractivity contribution is 0.919. The van der Waals surface area contributed by atoms with Crippen LogP contribution in [0, 0.1) is 0 Å². The fraction of sp³-hybridized carbons (Fsp3) is 0.273. The van der Waals surface area contributed by atoms with Crippen molar-refractivity contribution in [3.05, 3.63) is 36.2 Å². The number of aryl methyl sites for hydroxylation is 2. The van der Waals surface area contributed by atoms with E-state index >= 15 is 0 Å². The van der Waals surface area contributed by atoms with Crippen molar-refractivity contribution in [2.24, 2.45) is 7.05 Å². The van der Waals surface area contributed by atoms with Gasteiger partial charge in [-0.3, -0.25) is 0 Å². The largest absolute Gasteiger partial charge is 0.317 e. The maximum Gasteiger partial charge on any atom is 0.163 e. The number of rotatable bonds is 2. The molecule has 1 heterocycles. The highest BCUT2D eigenvalue weighted by Gasteiger charge is 2.03.